The van der Waals surface area contributed by atoms with Gasteiger partial charge in [-0.05, 0) is 13.8 Å². The van der Waals surface area contributed by atoms with Crippen LogP contribution in [0.2, 0.25) is 0 Å². The van der Waals surface area contributed by atoms with Gasteiger partial charge >= 0.3 is 0 Å². The number of rotatable bonds is 7. The van der Waals surface area contributed by atoms with Gasteiger partial charge in [0.15, 0.2) is 0 Å². The van der Waals surface area contributed by atoms with E-state index in [0.29, 0.717) is 13.2 Å². The van der Waals surface area contributed by atoms with Crippen molar-refractivity contribution in [2.24, 2.45) is 0 Å². The zero-order valence-corrected chi connectivity index (χ0v) is 11.1. The predicted octanol–water partition coefficient (Wildman–Crippen LogP) is 0.198. The van der Waals surface area contributed by atoms with Gasteiger partial charge in [-0.25, -0.2) is 0 Å². The molecule has 0 aliphatic rings. The van der Waals surface area contributed by atoms with Gasteiger partial charge in [0.2, 0.25) is 5.91 Å². The molecular weight excluding hydrogens is 232 g/mol. The van der Waals surface area contributed by atoms with E-state index >= 15 is 0 Å². The number of amides is 1. The van der Waals surface area contributed by atoms with Gasteiger partial charge in [0.05, 0.1) is 24.5 Å². The van der Waals surface area contributed by atoms with E-state index in [9.17, 15) is 4.79 Å². The average molecular weight is 252 g/mol. The Labute approximate surface area is 107 Å². The van der Waals surface area contributed by atoms with Crippen molar-refractivity contribution in [3.8, 4) is 0 Å². The summed E-state index contributed by atoms with van der Waals surface area (Å²) in [6, 6.07) is -0.00752. The molecule has 1 aromatic heterocycles. The number of aromatic nitrogens is 2. The highest BCUT2D eigenvalue weighted by Gasteiger charge is 2.11. The molecule has 18 heavy (non-hydrogen) atoms. The van der Waals surface area contributed by atoms with Gasteiger partial charge in [-0.2, -0.15) is 0 Å². The van der Waals surface area contributed by atoms with Gasteiger partial charge in [-0.1, -0.05) is 0 Å². The van der Waals surface area contributed by atoms with Crippen molar-refractivity contribution in [2.45, 2.75) is 19.9 Å². The Bertz CT molecular complexity index is 384. The lowest BCUT2D eigenvalue weighted by Gasteiger charge is -2.14. The van der Waals surface area contributed by atoms with Gasteiger partial charge in [0.1, 0.15) is 0 Å². The van der Waals surface area contributed by atoms with Gasteiger partial charge in [-0.3, -0.25) is 14.8 Å². The van der Waals surface area contributed by atoms with Crippen LogP contribution >= 0.6 is 0 Å². The molecule has 1 atom stereocenters. The lowest BCUT2D eigenvalue weighted by atomic mass is 10.2. The molecule has 6 heteroatoms. The highest BCUT2D eigenvalue weighted by molar-refractivity contribution is 5.77. The van der Waals surface area contributed by atoms with Crippen LogP contribution in [0.5, 0.6) is 0 Å². The number of carbonyl (C=O) groups is 1. The Morgan fingerprint density at radius 1 is 1.44 bits per heavy atom. The molecular formula is C12H20N4O2. The minimum Gasteiger partial charge on any atom is -0.383 e. The second-order valence-electron chi connectivity index (χ2n) is 3.97. The van der Waals surface area contributed by atoms with Crippen molar-refractivity contribution in [1.82, 2.24) is 20.6 Å². The Hall–Kier alpha value is -1.53. The largest absolute Gasteiger partial charge is 0.383 e. The van der Waals surface area contributed by atoms with Gasteiger partial charge in [0.25, 0.3) is 0 Å². The molecule has 1 amide bonds. The molecule has 0 aliphatic heterocycles. The van der Waals surface area contributed by atoms with Crippen molar-refractivity contribution in [3.63, 3.8) is 0 Å². The summed E-state index contributed by atoms with van der Waals surface area (Å²) >= 11 is 0. The van der Waals surface area contributed by atoms with E-state index in [1.165, 1.54) is 0 Å². The summed E-state index contributed by atoms with van der Waals surface area (Å²) in [5.41, 5.74) is 1.74. The van der Waals surface area contributed by atoms with Crippen LogP contribution < -0.4 is 10.6 Å². The maximum Gasteiger partial charge on any atom is 0.234 e. The molecule has 0 spiro atoms. The molecule has 1 aromatic rings. The zero-order valence-electron chi connectivity index (χ0n) is 11.1. The molecule has 1 unspecified atom stereocenters. The summed E-state index contributed by atoms with van der Waals surface area (Å²) in [5.74, 6) is -0.0551. The normalized spacial score (nSPS) is 12.2. The van der Waals surface area contributed by atoms with Crippen LogP contribution in [-0.4, -0.2) is 42.7 Å². The molecule has 0 saturated carbocycles. The van der Waals surface area contributed by atoms with Crippen LogP contribution in [0.1, 0.15) is 24.4 Å². The molecule has 100 valence electrons. The lowest BCUT2D eigenvalue weighted by molar-refractivity contribution is -0.120. The van der Waals surface area contributed by atoms with Crippen LogP contribution in [0.15, 0.2) is 12.4 Å². The van der Waals surface area contributed by atoms with Crippen molar-refractivity contribution < 1.29 is 9.53 Å². The van der Waals surface area contributed by atoms with E-state index in [2.05, 4.69) is 20.6 Å². The third-order valence-electron chi connectivity index (χ3n) is 2.53. The molecule has 0 aliphatic carbocycles. The topological polar surface area (TPSA) is 76.1 Å². The molecule has 0 fully saturated rings. The summed E-state index contributed by atoms with van der Waals surface area (Å²) in [4.78, 5) is 19.9. The van der Waals surface area contributed by atoms with Crippen molar-refractivity contribution in [3.05, 3.63) is 23.8 Å². The first-order chi connectivity index (χ1) is 8.65. The second kappa shape index (κ2) is 7.73. The van der Waals surface area contributed by atoms with E-state index in [4.69, 9.17) is 4.74 Å². The maximum atomic E-state index is 11.5. The molecule has 6 nitrogen and oxygen atoms in total. The third-order valence-corrected chi connectivity index (χ3v) is 2.53. The Morgan fingerprint density at radius 2 is 2.17 bits per heavy atom. The van der Waals surface area contributed by atoms with E-state index in [-0.39, 0.29) is 18.5 Å². The van der Waals surface area contributed by atoms with E-state index in [1.54, 1.807) is 19.5 Å². The summed E-state index contributed by atoms with van der Waals surface area (Å²) in [5, 5.41) is 5.85. The Balaban J connectivity index is 2.35. The Morgan fingerprint density at radius 3 is 2.83 bits per heavy atom. The molecule has 1 heterocycles. The highest BCUT2D eigenvalue weighted by Crippen LogP contribution is 2.10. The van der Waals surface area contributed by atoms with Crippen LogP contribution in [0.4, 0.5) is 0 Å². The van der Waals surface area contributed by atoms with Gasteiger partial charge in [0, 0.05) is 32.1 Å². The van der Waals surface area contributed by atoms with Crippen LogP contribution in [0.25, 0.3) is 0 Å². The van der Waals surface area contributed by atoms with Crippen molar-refractivity contribution in [2.75, 3.05) is 26.8 Å². The number of carbonyl (C=O) groups excluding carboxylic acids is 1. The lowest BCUT2D eigenvalue weighted by Crippen LogP contribution is -2.36. The second-order valence-corrected chi connectivity index (χ2v) is 3.97. The molecule has 0 bridgehead atoms. The van der Waals surface area contributed by atoms with Crippen LogP contribution in [-0.2, 0) is 9.53 Å². The summed E-state index contributed by atoms with van der Waals surface area (Å²) in [6.45, 7) is 5.15. The van der Waals surface area contributed by atoms with Gasteiger partial charge < -0.3 is 15.4 Å². The number of methoxy groups -OCH3 is 1. The van der Waals surface area contributed by atoms with E-state index in [0.717, 1.165) is 11.4 Å². The summed E-state index contributed by atoms with van der Waals surface area (Å²) < 4.78 is 4.85. The third kappa shape index (κ3) is 4.77. The maximum absolute atomic E-state index is 11.5. The predicted molar refractivity (Wildman–Crippen MR) is 68.1 cm³/mol. The van der Waals surface area contributed by atoms with Crippen LogP contribution in [0, 0.1) is 6.92 Å². The first-order valence-corrected chi connectivity index (χ1v) is 5.91. The number of nitrogens with one attached hydrogen (secondary N) is 2. The molecule has 2 N–H and O–H groups in total. The number of aryl methyl sites for hydroxylation is 1. The molecule has 0 aromatic carbocycles. The fraction of sp³-hybridized carbons (Fsp3) is 0.583. The number of ether oxygens (including phenoxy) is 1. The fourth-order valence-electron chi connectivity index (χ4n) is 1.54. The smallest absolute Gasteiger partial charge is 0.234 e. The minimum absolute atomic E-state index is 0.00752. The molecule has 0 saturated heterocycles. The number of hydrogen-bond donors (Lipinski definition) is 2. The monoisotopic (exact) mass is 252 g/mol. The standard InChI is InChI=1S/C12H20N4O2/c1-9-12(15-5-4-13-9)10(2)16-8-11(17)14-6-7-18-3/h4-5,10,16H,6-8H2,1-3H3,(H,14,17). The summed E-state index contributed by atoms with van der Waals surface area (Å²) in [6.07, 6.45) is 3.31. The number of nitrogens with zero attached hydrogens (tertiary/aromatic N) is 2. The quantitative estimate of drug-likeness (QED) is 0.678. The average Bonchev–Trinajstić information content (AvgIpc) is 2.37. The highest BCUT2D eigenvalue weighted by atomic mass is 16.5. The van der Waals surface area contributed by atoms with Crippen molar-refractivity contribution >= 4 is 5.91 Å². The van der Waals surface area contributed by atoms with Gasteiger partial charge in [-0.15, -0.1) is 0 Å². The SMILES string of the molecule is COCCNC(=O)CNC(C)c1nccnc1C. The molecule has 0 radical (unpaired) electrons. The van der Waals surface area contributed by atoms with E-state index < -0.39 is 0 Å². The first-order valence-electron chi connectivity index (χ1n) is 5.91. The summed E-state index contributed by atoms with van der Waals surface area (Å²) in [7, 11) is 1.60. The zero-order chi connectivity index (χ0) is 13.4. The minimum atomic E-state index is -0.0551. The molecule has 1 rings (SSSR count). The van der Waals surface area contributed by atoms with E-state index in [1.807, 2.05) is 13.8 Å². The van der Waals surface area contributed by atoms with Crippen molar-refractivity contribution in [1.29, 1.82) is 0 Å². The van der Waals surface area contributed by atoms with Crippen LogP contribution in [0.3, 0.4) is 0 Å². The number of hydrogen-bond acceptors (Lipinski definition) is 5. The first kappa shape index (κ1) is 14.5. The Kier molecular flexibility index (Phi) is 6.24. The fourth-order valence-corrected chi connectivity index (χ4v) is 1.54.